The van der Waals surface area contributed by atoms with Crippen LogP contribution in [0.4, 0.5) is 0 Å². The van der Waals surface area contributed by atoms with E-state index in [2.05, 4.69) is 44.3 Å². The van der Waals surface area contributed by atoms with Crippen molar-refractivity contribution >= 4 is 21.8 Å². The third-order valence-corrected chi connectivity index (χ3v) is 3.91. The summed E-state index contributed by atoms with van der Waals surface area (Å²) in [6.07, 6.45) is 2.11. The summed E-state index contributed by atoms with van der Waals surface area (Å²) in [7, 11) is 1.72. The van der Waals surface area contributed by atoms with Gasteiger partial charge in [0.15, 0.2) is 0 Å². The molecule has 0 aromatic heterocycles. The fraction of sp³-hybridized carbons (Fsp3) is 0.500. The molecule has 0 radical (unpaired) electrons. The molecule has 1 fully saturated rings. The largest absolute Gasteiger partial charge is 0.359 e. The number of rotatable bonds is 3. The normalized spacial score (nSPS) is 20.7. The Morgan fingerprint density at radius 3 is 3.11 bits per heavy atom. The first-order valence-corrected chi connectivity index (χ1v) is 7.16. The van der Waals surface area contributed by atoms with Crippen LogP contribution >= 0.6 is 15.9 Å². The van der Waals surface area contributed by atoms with E-state index in [0.717, 1.165) is 36.9 Å². The molecule has 98 valence electrons. The molecule has 1 aromatic carbocycles. The molecule has 0 saturated carbocycles. The van der Waals surface area contributed by atoms with Crippen molar-refractivity contribution in [2.24, 2.45) is 5.92 Å². The molecule has 1 N–H and O–H groups in total. The van der Waals surface area contributed by atoms with Gasteiger partial charge in [-0.2, -0.15) is 0 Å². The number of carbonyl (C=O) groups is 1. The monoisotopic (exact) mass is 310 g/mol. The Labute approximate surface area is 117 Å². The molecule has 1 amide bonds. The van der Waals surface area contributed by atoms with E-state index in [4.69, 9.17) is 0 Å². The Bertz CT molecular complexity index is 422. The number of halogens is 1. The van der Waals surface area contributed by atoms with Crippen LogP contribution in [0.3, 0.4) is 0 Å². The Hall–Kier alpha value is -0.870. The molecule has 1 heterocycles. The first-order valence-electron chi connectivity index (χ1n) is 6.37. The van der Waals surface area contributed by atoms with Crippen LogP contribution in [0, 0.1) is 5.92 Å². The van der Waals surface area contributed by atoms with Gasteiger partial charge in [0.2, 0.25) is 5.91 Å². The summed E-state index contributed by atoms with van der Waals surface area (Å²) in [6, 6.07) is 8.37. The summed E-state index contributed by atoms with van der Waals surface area (Å²) in [4.78, 5) is 14.0. The Morgan fingerprint density at radius 2 is 2.39 bits per heavy atom. The SMILES string of the molecule is CNC(=O)C1CCCN(Cc2cccc(Br)c2)C1. The summed E-state index contributed by atoms with van der Waals surface area (Å²) in [5, 5.41) is 2.76. The molecular formula is C14H19BrN2O. The molecule has 0 spiro atoms. The van der Waals surface area contributed by atoms with Crippen LogP contribution in [-0.4, -0.2) is 30.9 Å². The lowest BCUT2D eigenvalue weighted by molar-refractivity contribution is -0.126. The molecule has 1 unspecified atom stereocenters. The van der Waals surface area contributed by atoms with E-state index in [1.165, 1.54) is 5.56 Å². The lowest BCUT2D eigenvalue weighted by Gasteiger charge is -2.31. The highest BCUT2D eigenvalue weighted by Crippen LogP contribution is 2.20. The highest BCUT2D eigenvalue weighted by atomic mass is 79.9. The van der Waals surface area contributed by atoms with E-state index in [1.54, 1.807) is 7.05 Å². The first kappa shape index (κ1) is 13.6. The minimum absolute atomic E-state index is 0.149. The second-order valence-electron chi connectivity index (χ2n) is 4.82. The molecule has 1 saturated heterocycles. The zero-order valence-electron chi connectivity index (χ0n) is 10.7. The van der Waals surface area contributed by atoms with E-state index < -0.39 is 0 Å². The van der Waals surface area contributed by atoms with Gasteiger partial charge in [-0.15, -0.1) is 0 Å². The van der Waals surface area contributed by atoms with Crippen molar-refractivity contribution < 1.29 is 4.79 Å². The van der Waals surface area contributed by atoms with Gasteiger partial charge >= 0.3 is 0 Å². The predicted octanol–water partition coefficient (Wildman–Crippen LogP) is 2.41. The molecule has 1 aliphatic heterocycles. The van der Waals surface area contributed by atoms with Gasteiger partial charge in [-0.05, 0) is 37.1 Å². The van der Waals surface area contributed by atoms with E-state index >= 15 is 0 Å². The van der Waals surface area contributed by atoms with Crippen molar-refractivity contribution in [3.05, 3.63) is 34.3 Å². The van der Waals surface area contributed by atoms with Gasteiger partial charge in [0.25, 0.3) is 0 Å². The van der Waals surface area contributed by atoms with Crippen LogP contribution < -0.4 is 5.32 Å². The molecule has 1 atom stereocenters. The quantitative estimate of drug-likeness (QED) is 0.930. The van der Waals surface area contributed by atoms with Crippen LogP contribution in [-0.2, 0) is 11.3 Å². The summed E-state index contributed by atoms with van der Waals surface area (Å²) in [6.45, 7) is 2.87. The fourth-order valence-electron chi connectivity index (χ4n) is 2.51. The zero-order chi connectivity index (χ0) is 13.0. The molecule has 4 heteroatoms. The van der Waals surface area contributed by atoms with Crippen molar-refractivity contribution in [2.75, 3.05) is 20.1 Å². The number of amides is 1. The third kappa shape index (κ3) is 3.56. The number of carbonyl (C=O) groups excluding carboxylic acids is 1. The second kappa shape index (κ2) is 6.34. The van der Waals surface area contributed by atoms with E-state index in [0.29, 0.717) is 0 Å². The molecule has 3 nitrogen and oxygen atoms in total. The van der Waals surface area contributed by atoms with Crippen LogP contribution in [0.25, 0.3) is 0 Å². The van der Waals surface area contributed by atoms with Crippen molar-refractivity contribution in [1.82, 2.24) is 10.2 Å². The topological polar surface area (TPSA) is 32.3 Å². The number of nitrogens with zero attached hydrogens (tertiary/aromatic N) is 1. The van der Waals surface area contributed by atoms with Crippen molar-refractivity contribution in [3.63, 3.8) is 0 Å². The zero-order valence-corrected chi connectivity index (χ0v) is 12.2. The molecule has 1 aliphatic rings. The highest BCUT2D eigenvalue weighted by Gasteiger charge is 2.24. The smallest absolute Gasteiger partial charge is 0.224 e. The minimum Gasteiger partial charge on any atom is -0.359 e. The number of benzene rings is 1. The standard InChI is InChI=1S/C14H19BrN2O/c1-16-14(18)12-5-3-7-17(10-12)9-11-4-2-6-13(15)8-11/h2,4,6,8,12H,3,5,7,9-10H2,1H3,(H,16,18). The molecule has 0 aliphatic carbocycles. The van der Waals surface area contributed by atoms with Gasteiger partial charge in [0, 0.05) is 24.6 Å². The van der Waals surface area contributed by atoms with Gasteiger partial charge in [-0.25, -0.2) is 0 Å². The average molecular weight is 311 g/mol. The molecular weight excluding hydrogens is 292 g/mol. The Kier molecular flexibility index (Phi) is 4.78. The fourth-order valence-corrected chi connectivity index (χ4v) is 2.96. The number of hydrogen-bond donors (Lipinski definition) is 1. The first-order chi connectivity index (χ1) is 8.69. The Balaban J connectivity index is 1.95. The van der Waals surface area contributed by atoms with Gasteiger partial charge in [-0.1, -0.05) is 28.1 Å². The van der Waals surface area contributed by atoms with Crippen LogP contribution in [0.1, 0.15) is 18.4 Å². The van der Waals surface area contributed by atoms with Gasteiger partial charge in [0.05, 0.1) is 5.92 Å². The summed E-state index contributed by atoms with van der Waals surface area (Å²) in [5.41, 5.74) is 1.29. The van der Waals surface area contributed by atoms with E-state index in [-0.39, 0.29) is 11.8 Å². The lowest BCUT2D eigenvalue weighted by Crippen LogP contribution is -2.41. The van der Waals surface area contributed by atoms with Gasteiger partial charge in [0.1, 0.15) is 0 Å². The maximum atomic E-state index is 11.7. The molecule has 18 heavy (non-hydrogen) atoms. The lowest BCUT2D eigenvalue weighted by atomic mass is 9.97. The highest BCUT2D eigenvalue weighted by molar-refractivity contribution is 9.10. The van der Waals surface area contributed by atoms with Crippen LogP contribution in [0.5, 0.6) is 0 Å². The minimum atomic E-state index is 0.149. The Morgan fingerprint density at radius 1 is 1.56 bits per heavy atom. The van der Waals surface area contributed by atoms with Gasteiger partial charge in [-0.3, -0.25) is 9.69 Å². The molecule has 1 aromatic rings. The summed E-state index contributed by atoms with van der Waals surface area (Å²) >= 11 is 3.49. The predicted molar refractivity (Wildman–Crippen MR) is 76.2 cm³/mol. The third-order valence-electron chi connectivity index (χ3n) is 3.42. The number of likely N-dealkylation sites (tertiary alicyclic amines) is 1. The van der Waals surface area contributed by atoms with E-state index in [1.807, 2.05) is 6.07 Å². The van der Waals surface area contributed by atoms with Crippen LogP contribution in [0.2, 0.25) is 0 Å². The number of piperidine rings is 1. The summed E-state index contributed by atoms with van der Waals surface area (Å²) in [5.74, 6) is 0.324. The average Bonchev–Trinajstić information content (AvgIpc) is 2.38. The number of hydrogen-bond acceptors (Lipinski definition) is 2. The van der Waals surface area contributed by atoms with Crippen molar-refractivity contribution in [1.29, 1.82) is 0 Å². The van der Waals surface area contributed by atoms with Gasteiger partial charge < -0.3 is 5.32 Å². The maximum absolute atomic E-state index is 11.7. The molecule has 0 bridgehead atoms. The van der Waals surface area contributed by atoms with Crippen molar-refractivity contribution in [3.8, 4) is 0 Å². The second-order valence-corrected chi connectivity index (χ2v) is 5.73. The maximum Gasteiger partial charge on any atom is 0.224 e. The van der Waals surface area contributed by atoms with E-state index in [9.17, 15) is 4.79 Å². The molecule has 2 rings (SSSR count). The summed E-state index contributed by atoms with van der Waals surface area (Å²) < 4.78 is 1.11. The van der Waals surface area contributed by atoms with Crippen LogP contribution in [0.15, 0.2) is 28.7 Å². The van der Waals surface area contributed by atoms with Crippen molar-refractivity contribution in [2.45, 2.75) is 19.4 Å². The number of nitrogens with one attached hydrogen (secondary N) is 1.